The van der Waals surface area contributed by atoms with Gasteiger partial charge in [0.25, 0.3) is 6.71 Å². The van der Waals surface area contributed by atoms with Gasteiger partial charge in [0.2, 0.25) is 13.4 Å². The van der Waals surface area contributed by atoms with E-state index in [2.05, 4.69) is 211 Å². The molecule has 2 nitrogen and oxygen atoms in total. The van der Waals surface area contributed by atoms with Crippen molar-refractivity contribution in [2.75, 3.05) is 0 Å². The molecule has 0 fully saturated rings. The van der Waals surface area contributed by atoms with Gasteiger partial charge in [-0.3, -0.25) is 0 Å². The van der Waals surface area contributed by atoms with Crippen molar-refractivity contribution in [1.82, 2.24) is 9.13 Å². The summed E-state index contributed by atoms with van der Waals surface area (Å²) in [5, 5.41) is 5.83. The Bertz CT molecular complexity index is 3540. The number of hydrogen-bond donors (Lipinski definition) is 0. The first kappa shape index (κ1) is 41.5. The van der Waals surface area contributed by atoms with E-state index in [-0.39, 0.29) is 41.8 Å². The van der Waals surface area contributed by atoms with Crippen molar-refractivity contribution in [2.45, 2.75) is 132 Å². The number of nitrogens with zero attached hydrogens (tertiary/aromatic N) is 2. The summed E-state index contributed by atoms with van der Waals surface area (Å²) in [6, 6.07) is 37.6. The van der Waals surface area contributed by atoms with Gasteiger partial charge < -0.3 is 9.13 Å². The molecule has 0 saturated heterocycles. The highest BCUT2D eigenvalue weighted by Crippen LogP contribution is 2.48. The van der Waals surface area contributed by atoms with E-state index in [1.54, 1.807) is 0 Å². The lowest BCUT2D eigenvalue weighted by molar-refractivity contribution is 0.592. The van der Waals surface area contributed by atoms with Gasteiger partial charge in [-0.1, -0.05) is 207 Å². The molecule has 0 aliphatic carbocycles. The van der Waals surface area contributed by atoms with Gasteiger partial charge in [-0.15, -0.1) is 0 Å². The summed E-state index contributed by atoms with van der Waals surface area (Å²) >= 11 is 0. The predicted octanol–water partition coefficient (Wildman–Crippen LogP) is 9.11. The summed E-state index contributed by atoms with van der Waals surface area (Å²) in [6.45, 7) is 38.5. The smallest absolute Gasteiger partial charge is 0.252 e. The molecule has 4 aliphatic rings. The molecule has 5 heteroatoms. The number of fused-ring (bicyclic) bond motifs is 4. The highest BCUT2D eigenvalue weighted by atomic mass is 15.0. The minimum atomic E-state index is -0.0672. The van der Waals surface area contributed by atoms with Crippen LogP contribution >= 0.6 is 0 Å². The Hall–Kier alpha value is -5.67. The number of benzene rings is 7. The summed E-state index contributed by atoms with van der Waals surface area (Å²) in [6.07, 6.45) is 0. The van der Waals surface area contributed by atoms with E-state index in [9.17, 15) is 0 Å². The summed E-state index contributed by atoms with van der Waals surface area (Å²) in [4.78, 5) is 0. The molecule has 0 atom stereocenters. The number of hydrogen-bond acceptors (Lipinski definition) is 0. The Kier molecular flexibility index (Phi) is 7.87. The maximum absolute atomic E-state index is 2.83. The molecule has 2 aromatic heterocycles. The Balaban J connectivity index is 1.34. The highest BCUT2D eigenvalue weighted by molar-refractivity contribution is 7.06. The molecule has 0 spiro atoms. The third kappa shape index (κ3) is 5.12. The van der Waals surface area contributed by atoms with E-state index in [4.69, 9.17) is 0 Å². The van der Waals surface area contributed by atoms with Crippen molar-refractivity contribution in [2.24, 2.45) is 0 Å². The maximum Gasteiger partial charge on any atom is 0.252 e. The highest BCUT2D eigenvalue weighted by Gasteiger charge is 2.51. The molecule has 7 aromatic carbocycles. The van der Waals surface area contributed by atoms with Gasteiger partial charge in [0.15, 0.2) is 0 Å². The Morgan fingerprint density at radius 2 is 0.597 bits per heavy atom. The molecular formula is C62H63B3N2. The number of aromatic nitrogens is 2. The fraction of sp³-hybridized carbons (Fsp3) is 0.323. The topological polar surface area (TPSA) is 9.86 Å². The van der Waals surface area contributed by atoms with Gasteiger partial charge in [-0.25, -0.2) is 0 Å². The van der Waals surface area contributed by atoms with Crippen molar-refractivity contribution in [3.8, 4) is 11.4 Å². The zero-order valence-electron chi connectivity index (χ0n) is 42.8. The summed E-state index contributed by atoms with van der Waals surface area (Å²) < 4.78 is 5.67. The van der Waals surface area contributed by atoms with Crippen LogP contribution in [-0.2, 0) is 21.7 Å². The van der Waals surface area contributed by atoms with Crippen LogP contribution in [0, 0.1) is 27.7 Å². The van der Waals surface area contributed by atoms with Gasteiger partial charge in [-0.05, 0) is 110 Å². The van der Waals surface area contributed by atoms with E-state index < -0.39 is 0 Å². The monoisotopic (exact) mass is 869 g/mol. The molecule has 6 heterocycles. The lowest BCUT2D eigenvalue weighted by Crippen LogP contribution is -2.69. The van der Waals surface area contributed by atoms with Crippen molar-refractivity contribution >= 4 is 113 Å². The lowest BCUT2D eigenvalue weighted by Gasteiger charge is -2.42. The van der Waals surface area contributed by atoms with Crippen molar-refractivity contribution in [1.29, 1.82) is 0 Å². The normalized spacial score (nSPS) is 14.8. The van der Waals surface area contributed by atoms with Crippen LogP contribution in [0.1, 0.15) is 128 Å². The van der Waals surface area contributed by atoms with Crippen LogP contribution in [0.2, 0.25) is 0 Å². The molecule has 0 amide bonds. The summed E-state index contributed by atoms with van der Waals surface area (Å²) in [7, 11) is 0. The van der Waals surface area contributed by atoms with E-state index >= 15 is 0 Å². The Morgan fingerprint density at radius 3 is 0.881 bits per heavy atom. The first-order chi connectivity index (χ1) is 31.5. The molecule has 330 valence electrons. The first-order valence-electron chi connectivity index (χ1n) is 25.1. The molecule has 0 unspecified atom stereocenters. The second-order valence-corrected chi connectivity index (χ2v) is 25.6. The molecule has 4 aliphatic heterocycles. The number of rotatable bonds is 2. The van der Waals surface area contributed by atoms with Crippen LogP contribution in [0.5, 0.6) is 0 Å². The second kappa shape index (κ2) is 12.7. The third-order valence-electron chi connectivity index (χ3n) is 16.9. The van der Waals surface area contributed by atoms with Gasteiger partial charge in [0, 0.05) is 55.0 Å². The van der Waals surface area contributed by atoms with Gasteiger partial charge in [0.05, 0.1) is 0 Å². The van der Waals surface area contributed by atoms with Crippen molar-refractivity contribution in [3.63, 3.8) is 0 Å². The molecule has 0 saturated carbocycles. The van der Waals surface area contributed by atoms with Crippen LogP contribution in [0.15, 0.2) is 91.0 Å². The van der Waals surface area contributed by atoms with E-state index in [0.717, 1.165) is 0 Å². The van der Waals surface area contributed by atoms with Gasteiger partial charge >= 0.3 is 0 Å². The van der Waals surface area contributed by atoms with E-state index in [1.807, 2.05) is 0 Å². The van der Waals surface area contributed by atoms with Crippen LogP contribution in [-0.4, -0.2) is 29.3 Å². The van der Waals surface area contributed by atoms with E-state index in [0.29, 0.717) is 0 Å². The molecule has 13 rings (SSSR count). The van der Waals surface area contributed by atoms with Gasteiger partial charge in [-0.2, -0.15) is 0 Å². The predicted molar refractivity (Wildman–Crippen MR) is 296 cm³/mol. The maximum atomic E-state index is 2.83. The quantitative estimate of drug-likeness (QED) is 0.154. The van der Waals surface area contributed by atoms with Crippen LogP contribution < -0.4 is 49.2 Å². The zero-order chi connectivity index (χ0) is 47.1. The largest absolute Gasteiger partial charge is 0.311 e. The Morgan fingerprint density at radius 1 is 0.313 bits per heavy atom. The SMILES string of the molecule is Cc1ccc(B2c3cc4c5c6c3-n3c7c2ccc(C(C)(C)C)c7c2c(C(C)(C)C)ccc(c23)B6c2ccc(C(C)(C)C)c3c6c(C(C)(C)C)ccc(c6n-5c23)B4c2ccc(C)cc2C)c(C)c1. The third-order valence-corrected chi connectivity index (χ3v) is 16.9. The second-order valence-electron chi connectivity index (χ2n) is 25.6. The van der Waals surface area contributed by atoms with E-state index in [1.165, 1.54) is 149 Å². The van der Waals surface area contributed by atoms with Crippen LogP contribution in [0.4, 0.5) is 0 Å². The zero-order valence-corrected chi connectivity index (χ0v) is 42.8. The van der Waals surface area contributed by atoms with Crippen molar-refractivity contribution in [3.05, 3.63) is 136 Å². The molecular weight excluding hydrogens is 805 g/mol. The van der Waals surface area contributed by atoms with Crippen LogP contribution in [0.3, 0.4) is 0 Å². The minimum absolute atomic E-state index is 0.0594. The first-order valence-corrected chi connectivity index (χ1v) is 25.1. The summed E-state index contributed by atoms with van der Waals surface area (Å²) in [5.74, 6) is 0. The fourth-order valence-electron chi connectivity index (χ4n) is 14.2. The summed E-state index contributed by atoms with van der Waals surface area (Å²) in [5.41, 5.74) is 32.4. The molecule has 67 heavy (non-hydrogen) atoms. The molecule has 0 N–H and O–H groups in total. The Labute approximate surface area is 399 Å². The molecule has 9 aromatic rings. The standard InChI is InChI=1S/C62H63B3N2/c1-32-17-23-40(34(3)29-32)63-42-25-19-36(59(5,6)7)48-50-38(61(11,12)13)21-27-44-55(50)66(53(42)48)57-46(63)31-47-58-52(57)65(44)45-28-22-39(62(14,15)16)51-49-37(60(8,9)10)20-26-43(54(49)67(58)56(45)51)64(47)41-24-18-33(2)30-35(41)4/h17-31H,1-16H3. The molecule has 0 radical (unpaired) electrons. The van der Waals surface area contributed by atoms with Crippen molar-refractivity contribution < 1.29 is 0 Å². The minimum Gasteiger partial charge on any atom is -0.311 e. The fourth-order valence-corrected chi connectivity index (χ4v) is 14.2. The average Bonchev–Trinajstić information content (AvgIpc) is 3.77. The number of aryl methyl sites for hydroxylation is 4. The molecule has 0 bridgehead atoms. The average molecular weight is 869 g/mol. The van der Waals surface area contributed by atoms with Crippen LogP contribution in [0.25, 0.3) is 55.0 Å². The lowest BCUT2D eigenvalue weighted by atomic mass is 9.27. The van der Waals surface area contributed by atoms with Gasteiger partial charge in [0.1, 0.15) is 0 Å².